The van der Waals surface area contributed by atoms with Gasteiger partial charge in [-0.1, -0.05) is 74.0 Å². The van der Waals surface area contributed by atoms with E-state index in [4.69, 9.17) is 4.74 Å². The van der Waals surface area contributed by atoms with Crippen LogP contribution in [0.25, 0.3) is 0 Å². The number of carbonyl (C=O) groups is 1. The van der Waals surface area contributed by atoms with Crippen LogP contribution in [0, 0.1) is 0 Å². The second kappa shape index (κ2) is 12.1. The van der Waals surface area contributed by atoms with Gasteiger partial charge in [-0.15, -0.1) is 10.2 Å². The number of aromatic nitrogens is 3. The molecule has 0 bridgehead atoms. The Hall–Kier alpha value is -2.80. The predicted molar refractivity (Wildman–Crippen MR) is 136 cm³/mol. The summed E-state index contributed by atoms with van der Waals surface area (Å²) in [5.74, 6) is 2.12. The molecule has 2 heterocycles. The van der Waals surface area contributed by atoms with Crippen molar-refractivity contribution in [2.45, 2.75) is 63.8 Å². The Labute approximate surface area is 206 Å². The first-order valence-electron chi connectivity index (χ1n) is 12.3. The van der Waals surface area contributed by atoms with Crippen LogP contribution in [0.3, 0.4) is 0 Å². The Morgan fingerprint density at radius 2 is 1.71 bits per heavy atom. The van der Waals surface area contributed by atoms with E-state index in [0.717, 1.165) is 54.6 Å². The van der Waals surface area contributed by atoms with Gasteiger partial charge in [-0.2, -0.15) is 0 Å². The summed E-state index contributed by atoms with van der Waals surface area (Å²) in [6, 6.07) is 18.5. The molecule has 1 aliphatic heterocycles. The van der Waals surface area contributed by atoms with Crippen LogP contribution in [-0.2, 0) is 17.8 Å². The molecule has 180 valence electrons. The van der Waals surface area contributed by atoms with Crippen LogP contribution in [0.5, 0.6) is 5.75 Å². The van der Waals surface area contributed by atoms with Gasteiger partial charge in [-0.05, 0) is 49.4 Å². The maximum atomic E-state index is 12.9. The highest BCUT2D eigenvalue weighted by atomic mass is 32.2. The molecule has 6 nitrogen and oxygen atoms in total. The average molecular weight is 479 g/mol. The molecule has 0 saturated carbocycles. The zero-order valence-corrected chi connectivity index (χ0v) is 21.0. The van der Waals surface area contributed by atoms with Gasteiger partial charge in [0.1, 0.15) is 12.4 Å². The van der Waals surface area contributed by atoms with Crippen LogP contribution in [-0.4, -0.2) is 44.4 Å². The first kappa shape index (κ1) is 24.3. The highest BCUT2D eigenvalue weighted by molar-refractivity contribution is 7.99. The van der Waals surface area contributed by atoms with Crippen molar-refractivity contribution >= 4 is 17.7 Å². The first-order chi connectivity index (χ1) is 16.7. The maximum absolute atomic E-state index is 12.9. The van der Waals surface area contributed by atoms with Crippen LogP contribution in [0.4, 0.5) is 0 Å². The highest BCUT2D eigenvalue weighted by Crippen LogP contribution is 2.27. The Bertz CT molecular complexity index is 1040. The molecule has 0 unspecified atom stereocenters. The van der Waals surface area contributed by atoms with Gasteiger partial charge in [-0.25, -0.2) is 0 Å². The van der Waals surface area contributed by atoms with E-state index in [0.29, 0.717) is 12.4 Å². The van der Waals surface area contributed by atoms with Gasteiger partial charge < -0.3 is 9.64 Å². The molecule has 1 aromatic heterocycles. The number of hydrogen-bond donors (Lipinski definition) is 0. The van der Waals surface area contributed by atoms with E-state index in [1.54, 1.807) is 0 Å². The average Bonchev–Trinajstić information content (AvgIpc) is 3.09. The summed E-state index contributed by atoms with van der Waals surface area (Å²) in [7, 11) is 0. The van der Waals surface area contributed by atoms with Crippen LogP contribution in [0.15, 0.2) is 59.8 Å². The lowest BCUT2D eigenvalue weighted by Crippen LogP contribution is -2.33. The Kier molecular flexibility index (Phi) is 8.63. The number of benzene rings is 2. The highest BCUT2D eigenvalue weighted by Gasteiger charge is 2.22. The minimum absolute atomic E-state index is 0.0213. The minimum Gasteiger partial charge on any atom is -0.486 e. The quantitative estimate of drug-likeness (QED) is 0.379. The number of nitrogens with zero attached hydrogens (tertiary/aromatic N) is 4. The zero-order valence-electron chi connectivity index (χ0n) is 20.2. The van der Waals surface area contributed by atoms with Crippen LogP contribution < -0.4 is 4.74 Å². The lowest BCUT2D eigenvalue weighted by Gasteiger charge is -2.21. The van der Waals surface area contributed by atoms with Crippen molar-refractivity contribution in [2.75, 3.05) is 18.8 Å². The molecular weight excluding hydrogens is 444 g/mol. The summed E-state index contributed by atoms with van der Waals surface area (Å²) < 4.78 is 8.17. The van der Waals surface area contributed by atoms with Crippen molar-refractivity contribution in [1.82, 2.24) is 19.7 Å². The van der Waals surface area contributed by atoms with Crippen molar-refractivity contribution in [3.8, 4) is 5.75 Å². The standard InChI is InChI=1S/C27H34N4O2S/c1-3-22-13-15-24(16-14-22)33-19-25-28-29-27(31(25)21(2)23-11-7-6-8-12-23)34-20-26(32)30-17-9-4-5-10-18-30/h6-8,11-16,21H,3-5,9-10,17-20H2,1-2H3/t21-/m0/s1. The maximum Gasteiger partial charge on any atom is 0.233 e. The van der Waals surface area contributed by atoms with E-state index in [9.17, 15) is 4.79 Å². The van der Waals surface area contributed by atoms with Gasteiger partial charge in [0.15, 0.2) is 11.0 Å². The molecule has 3 aromatic rings. The van der Waals surface area contributed by atoms with Crippen molar-refractivity contribution < 1.29 is 9.53 Å². The fourth-order valence-corrected chi connectivity index (χ4v) is 5.22. The SMILES string of the molecule is CCc1ccc(OCc2nnc(SCC(=O)N3CCCCCC3)n2[C@@H](C)c2ccccc2)cc1. The fraction of sp³-hybridized carbons (Fsp3) is 0.444. The van der Waals surface area contributed by atoms with E-state index < -0.39 is 0 Å². The molecule has 1 amide bonds. The number of aryl methyl sites for hydroxylation is 1. The van der Waals surface area contributed by atoms with Crippen molar-refractivity contribution in [2.24, 2.45) is 0 Å². The molecule has 2 aromatic carbocycles. The number of carbonyl (C=O) groups excluding carboxylic acids is 1. The molecule has 0 aliphatic carbocycles. The van der Waals surface area contributed by atoms with Crippen LogP contribution >= 0.6 is 11.8 Å². The number of hydrogen-bond acceptors (Lipinski definition) is 5. The molecule has 1 fully saturated rings. The van der Waals surface area contributed by atoms with E-state index in [-0.39, 0.29) is 11.9 Å². The third-order valence-electron chi connectivity index (χ3n) is 6.39. The summed E-state index contributed by atoms with van der Waals surface area (Å²) in [6.45, 7) is 6.32. The number of amides is 1. The normalized spacial score (nSPS) is 15.1. The van der Waals surface area contributed by atoms with E-state index >= 15 is 0 Å². The zero-order chi connectivity index (χ0) is 23.8. The second-order valence-electron chi connectivity index (χ2n) is 8.73. The van der Waals surface area contributed by atoms with Crippen LogP contribution in [0.1, 0.15) is 62.5 Å². The van der Waals surface area contributed by atoms with Gasteiger partial charge in [0.05, 0.1) is 11.8 Å². The van der Waals surface area contributed by atoms with Crippen LogP contribution in [0.2, 0.25) is 0 Å². The third-order valence-corrected chi connectivity index (χ3v) is 7.32. The lowest BCUT2D eigenvalue weighted by molar-refractivity contribution is -0.128. The van der Waals surface area contributed by atoms with Gasteiger partial charge in [0.2, 0.25) is 5.91 Å². The number of ether oxygens (including phenoxy) is 1. The molecular formula is C27H34N4O2S. The molecule has 0 spiro atoms. The number of likely N-dealkylation sites (tertiary alicyclic amines) is 1. The molecule has 7 heteroatoms. The topological polar surface area (TPSA) is 60.3 Å². The summed E-state index contributed by atoms with van der Waals surface area (Å²) in [5, 5.41) is 9.67. The molecule has 1 saturated heterocycles. The molecule has 1 atom stereocenters. The summed E-state index contributed by atoms with van der Waals surface area (Å²) in [6.07, 6.45) is 5.62. The van der Waals surface area contributed by atoms with E-state index in [2.05, 4.69) is 52.9 Å². The molecule has 0 radical (unpaired) electrons. The van der Waals surface area contributed by atoms with Gasteiger partial charge in [0.25, 0.3) is 0 Å². The Balaban J connectivity index is 1.50. The second-order valence-corrected chi connectivity index (χ2v) is 9.67. The summed E-state index contributed by atoms with van der Waals surface area (Å²) in [5.41, 5.74) is 2.44. The first-order valence-corrected chi connectivity index (χ1v) is 13.2. The van der Waals surface area contributed by atoms with Gasteiger partial charge >= 0.3 is 0 Å². The number of thioether (sulfide) groups is 1. The van der Waals surface area contributed by atoms with Gasteiger partial charge in [0, 0.05) is 13.1 Å². The monoisotopic (exact) mass is 478 g/mol. The van der Waals surface area contributed by atoms with E-state index in [1.807, 2.05) is 35.2 Å². The Morgan fingerprint density at radius 3 is 2.38 bits per heavy atom. The molecule has 4 rings (SSSR count). The fourth-order valence-electron chi connectivity index (χ4n) is 4.28. The minimum atomic E-state index is 0.0213. The van der Waals surface area contributed by atoms with Crippen molar-refractivity contribution in [1.29, 1.82) is 0 Å². The predicted octanol–water partition coefficient (Wildman–Crippen LogP) is 5.52. The van der Waals surface area contributed by atoms with Crippen molar-refractivity contribution in [3.63, 3.8) is 0 Å². The Morgan fingerprint density at radius 1 is 1.00 bits per heavy atom. The molecule has 1 aliphatic rings. The summed E-state index contributed by atoms with van der Waals surface area (Å²) in [4.78, 5) is 14.9. The largest absolute Gasteiger partial charge is 0.486 e. The van der Waals surface area contributed by atoms with E-state index in [1.165, 1.54) is 30.2 Å². The third kappa shape index (κ3) is 6.20. The smallest absolute Gasteiger partial charge is 0.233 e. The molecule has 0 N–H and O–H groups in total. The lowest BCUT2D eigenvalue weighted by atomic mass is 10.1. The molecule has 34 heavy (non-hydrogen) atoms. The number of rotatable bonds is 9. The summed E-state index contributed by atoms with van der Waals surface area (Å²) >= 11 is 1.47. The van der Waals surface area contributed by atoms with Gasteiger partial charge in [-0.3, -0.25) is 9.36 Å². The van der Waals surface area contributed by atoms with Crippen molar-refractivity contribution in [3.05, 3.63) is 71.5 Å².